The van der Waals surface area contributed by atoms with Crippen molar-refractivity contribution in [2.45, 2.75) is 26.3 Å². The first-order chi connectivity index (χ1) is 7.81. The predicted molar refractivity (Wildman–Crippen MR) is 65.6 cm³/mol. The Balaban J connectivity index is 2.40. The number of ether oxygens (including phenoxy) is 1. The maximum Gasteiger partial charge on any atom is 0.0558 e. The van der Waals surface area contributed by atoms with Gasteiger partial charge in [0.15, 0.2) is 0 Å². The first-order valence-electron chi connectivity index (χ1n) is 6.46. The summed E-state index contributed by atoms with van der Waals surface area (Å²) in [6.45, 7) is 10.1. The molecule has 1 rings (SSSR count). The van der Waals surface area contributed by atoms with E-state index in [2.05, 4.69) is 24.1 Å². The molecule has 16 heavy (non-hydrogen) atoms. The van der Waals surface area contributed by atoms with Gasteiger partial charge in [-0.15, -0.1) is 0 Å². The standard InChI is InChI=1S/C12H26N2O2/c1-3-13-12-5-8-16-10-11(12)9-14(4-2)6-7-15/h11-13,15H,3-10H2,1-2H3. The van der Waals surface area contributed by atoms with E-state index in [1.54, 1.807) is 0 Å². The number of nitrogens with zero attached hydrogens (tertiary/aromatic N) is 1. The molecule has 1 heterocycles. The molecule has 1 saturated heterocycles. The van der Waals surface area contributed by atoms with Crippen molar-refractivity contribution < 1.29 is 9.84 Å². The minimum Gasteiger partial charge on any atom is -0.395 e. The summed E-state index contributed by atoms with van der Waals surface area (Å²) in [6.07, 6.45) is 1.11. The van der Waals surface area contributed by atoms with Crippen LogP contribution in [0.2, 0.25) is 0 Å². The van der Waals surface area contributed by atoms with Crippen molar-refractivity contribution in [3.05, 3.63) is 0 Å². The largest absolute Gasteiger partial charge is 0.395 e. The van der Waals surface area contributed by atoms with E-state index in [9.17, 15) is 0 Å². The van der Waals surface area contributed by atoms with E-state index in [0.29, 0.717) is 12.0 Å². The van der Waals surface area contributed by atoms with E-state index >= 15 is 0 Å². The van der Waals surface area contributed by atoms with Gasteiger partial charge in [0.25, 0.3) is 0 Å². The molecule has 0 saturated carbocycles. The summed E-state index contributed by atoms with van der Waals surface area (Å²) in [5.41, 5.74) is 0. The van der Waals surface area contributed by atoms with Crippen molar-refractivity contribution in [2.24, 2.45) is 5.92 Å². The van der Waals surface area contributed by atoms with E-state index in [4.69, 9.17) is 9.84 Å². The first-order valence-corrected chi connectivity index (χ1v) is 6.46. The SMILES string of the molecule is CCNC1CCOCC1CN(CC)CCO. The Bertz CT molecular complexity index is 176. The molecule has 0 aromatic carbocycles. The second kappa shape index (κ2) is 8.01. The average molecular weight is 230 g/mol. The molecule has 0 spiro atoms. The van der Waals surface area contributed by atoms with Gasteiger partial charge in [-0.1, -0.05) is 13.8 Å². The van der Waals surface area contributed by atoms with E-state index in [1.807, 2.05) is 0 Å². The van der Waals surface area contributed by atoms with Gasteiger partial charge in [0.1, 0.15) is 0 Å². The summed E-state index contributed by atoms with van der Waals surface area (Å²) in [7, 11) is 0. The highest BCUT2D eigenvalue weighted by molar-refractivity contribution is 4.81. The van der Waals surface area contributed by atoms with Crippen LogP contribution in [0.3, 0.4) is 0 Å². The molecule has 0 amide bonds. The van der Waals surface area contributed by atoms with Crippen molar-refractivity contribution in [3.63, 3.8) is 0 Å². The molecule has 4 heteroatoms. The Morgan fingerprint density at radius 2 is 2.25 bits per heavy atom. The van der Waals surface area contributed by atoms with Crippen LogP contribution in [-0.4, -0.2) is 62.0 Å². The number of hydrogen-bond acceptors (Lipinski definition) is 4. The summed E-state index contributed by atoms with van der Waals surface area (Å²) in [5, 5.41) is 12.5. The van der Waals surface area contributed by atoms with Gasteiger partial charge in [-0.05, 0) is 19.5 Å². The van der Waals surface area contributed by atoms with Crippen LogP contribution in [0.25, 0.3) is 0 Å². The Kier molecular flexibility index (Phi) is 6.96. The smallest absolute Gasteiger partial charge is 0.0558 e. The van der Waals surface area contributed by atoms with Crippen LogP contribution in [0.5, 0.6) is 0 Å². The molecule has 1 aliphatic heterocycles. The number of hydrogen-bond donors (Lipinski definition) is 2. The first kappa shape index (κ1) is 13.9. The molecule has 2 N–H and O–H groups in total. The zero-order valence-electron chi connectivity index (χ0n) is 10.6. The number of likely N-dealkylation sites (N-methyl/N-ethyl adjacent to an activating group) is 1. The van der Waals surface area contributed by atoms with E-state index in [-0.39, 0.29) is 6.61 Å². The normalized spacial score (nSPS) is 26.2. The van der Waals surface area contributed by atoms with Gasteiger partial charge in [0.2, 0.25) is 0 Å². The van der Waals surface area contributed by atoms with Crippen LogP contribution in [-0.2, 0) is 4.74 Å². The highest BCUT2D eigenvalue weighted by Crippen LogP contribution is 2.16. The molecule has 1 aliphatic rings. The molecule has 0 aromatic rings. The van der Waals surface area contributed by atoms with Crippen LogP contribution < -0.4 is 5.32 Å². The van der Waals surface area contributed by atoms with Crippen LogP contribution in [0.1, 0.15) is 20.3 Å². The maximum atomic E-state index is 8.98. The lowest BCUT2D eigenvalue weighted by Crippen LogP contribution is -2.48. The van der Waals surface area contributed by atoms with E-state index in [1.165, 1.54) is 0 Å². The predicted octanol–water partition coefficient (Wildman–Crippen LogP) is 0.315. The monoisotopic (exact) mass is 230 g/mol. The van der Waals surface area contributed by atoms with Gasteiger partial charge in [0.05, 0.1) is 13.2 Å². The lowest BCUT2D eigenvalue weighted by Gasteiger charge is -2.35. The van der Waals surface area contributed by atoms with E-state index < -0.39 is 0 Å². The molecule has 2 unspecified atom stereocenters. The highest BCUT2D eigenvalue weighted by Gasteiger charge is 2.26. The Morgan fingerprint density at radius 3 is 2.88 bits per heavy atom. The Labute approximate surface area is 99.0 Å². The number of aliphatic hydroxyl groups excluding tert-OH is 1. The van der Waals surface area contributed by atoms with Crippen molar-refractivity contribution >= 4 is 0 Å². The zero-order valence-corrected chi connectivity index (χ0v) is 10.6. The van der Waals surface area contributed by atoms with Gasteiger partial charge >= 0.3 is 0 Å². The molecule has 0 radical (unpaired) electrons. The molecule has 0 aromatic heterocycles. The third-order valence-corrected chi connectivity index (χ3v) is 3.30. The second-order valence-electron chi connectivity index (χ2n) is 4.40. The van der Waals surface area contributed by atoms with Crippen molar-refractivity contribution in [2.75, 3.05) is 46.0 Å². The van der Waals surface area contributed by atoms with Crippen LogP contribution in [0.15, 0.2) is 0 Å². The van der Waals surface area contributed by atoms with Crippen molar-refractivity contribution in [3.8, 4) is 0 Å². The van der Waals surface area contributed by atoms with Gasteiger partial charge in [-0.3, -0.25) is 0 Å². The van der Waals surface area contributed by atoms with Crippen LogP contribution in [0, 0.1) is 5.92 Å². The number of aliphatic hydroxyl groups is 1. The number of rotatable bonds is 7. The minimum atomic E-state index is 0.243. The summed E-state index contributed by atoms with van der Waals surface area (Å²) >= 11 is 0. The minimum absolute atomic E-state index is 0.243. The van der Waals surface area contributed by atoms with Crippen molar-refractivity contribution in [1.82, 2.24) is 10.2 Å². The summed E-state index contributed by atoms with van der Waals surface area (Å²) in [6, 6.07) is 0.575. The van der Waals surface area contributed by atoms with Crippen LogP contribution in [0.4, 0.5) is 0 Å². The maximum absolute atomic E-state index is 8.98. The quantitative estimate of drug-likeness (QED) is 0.661. The molecular weight excluding hydrogens is 204 g/mol. The lowest BCUT2D eigenvalue weighted by atomic mass is 9.95. The molecule has 0 bridgehead atoms. The van der Waals surface area contributed by atoms with Gasteiger partial charge in [-0.2, -0.15) is 0 Å². The van der Waals surface area contributed by atoms with E-state index in [0.717, 1.165) is 45.8 Å². The fourth-order valence-electron chi connectivity index (χ4n) is 2.36. The second-order valence-corrected chi connectivity index (χ2v) is 4.40. The topological polar surface area (TPSA) is 44.7 Å². The lowest BCUT2D eigenvalue weighted by molar-refractivity contribution is 0.0156. The molecule has 2 atom stereocenters. The average Bonchev–Trinajstić information content (AvgIpc) is 2.31. The third kappa shape index (κ3) is 4.37. The Hall–Kier alpha value is -0.160. The summed E-state index contributed by atoms with van der Waals surface area (Å²) in [4.78, 5) is 2.30. The molecular formula is C12H26N2O2. The molecule has 0 aliphatic carbocycles. The van der Waals surface area contributed by atoms with Crippen molar-refractivity contribution in [1.29, 1.82) is 0 Å². The molecule has 96 valence electrons. The zero-order chi connectivity index (χ0) is 11.8. The van der Waals surface area contributed by atoms with Crippen LogP contribution >= 0.6 is 0 Å². The van der Waals surface area contributed by atoms with Gasteiger partial charge in [-0.25, -0.2) is 0 Å². The highest BCUT2D eigenvalue weighted by atomic mass is 16.5. The summed E-state index contributed by atoms with van der Waals surface area (Å²) < 4.78 is 5.55. The molecule has 4 nitrogen and oxygen atoms in total. The van der Waals surface area contributed by atoms with Gasteiger partial charge in [0, 0.05) is 31.7 Å². The van der Waals surface area contributed by atoms with Gasteiger partial charge < -0.3 is 20.1 Å². The fourth-order valence-corrected chi connectivity index (χ4v) is 2.36. The summed E-state index contributed by atoms with van der Waals surface area (Å²) in [5.74, 6) is 0.556. The fraction of sp³-hybridized carbons (Fsp3) is 1.00. The Morgan fingerprint density at radius 1 is 1.44 bits per heavy atom. The molecule has 1 fully saturated rings. The number of nitrogens with one attached hydrogen (secondary N) is 1. The third-order valence-electron chi connectivity index (χ3n) is 3.30.